The maximum absolute atomic E-state index is 12.8. The molecule has 5 nitrogen and oxygen atoms in total. The fourth-order valence-electron chi connectivity index (χ4n) is 3.39. The van der Waals surface area contributed by atoms with Crippen LogP contribution in [0.4, 0.5) is 0 Å². The van der Waals surface area contributed by atoms with Gasteiger partial charge in [0.2, 0.25) is 11.8 Å². The molecule has 2 aliphatic heterocycles. The lowest BCUT2D eigenvalue weighted by Gasteiger charge is -2.35. The van der Waals surface area contributed by atoms with E-state index in [-0.39, 0.29) is 11.8 Å². The molecular weight excluding hydrogens is 256 g/mol. The molecule has 20 heavy (non-hydrogen) atoms. The molecule has 0 spiro atoms. The monoisotopic (exact) mass is 280 g/mol. The molecule has 0 bridgehead atoms. The zero-order valence-electron chi connectivity index (χ0n) is 12.3. The Morgan fingerprint density at radius 1 is 1.05 bits per heavy atom. The van der Waals surface area contributed by atoms with E-state index in [0.717, 1.165) is 32.4 Å². The Labute approximate surface area is 120 Å². The number of nitrogens with zero attached hydrogens (tertiary/aromatic N) is 2. The van der Waals surface area contributed by atoms with Crippen LogP contribution >= 0.6 is 0 Å². The molecule has 1 saturated carbocycles. The highest BCUT2D eigenvalue weighted by molar-refractivity contribution is 6.07. The summed E-state index contributed by atoms with van der Waals surface area (Å²) in [4.78, 5) is 29.2. The third kappa shape index (κ3) is 2.43. The second-order valence-corrected chi connectivity index (χ2v) is 6.49. The first-order valence-electron chi connectivity index (χ1n) is 7.80. The lowest BCUT2D eigenvalue weighted by atomic mass is 9.96. The number of carbonyl (C=O) groups excluding carboxylic acids is 2. The minimum Gasteiger partial charge on any atom is -0.378 e. The molecule has 1 aliphatic carbocycles. The van der Waals surface area contributed by atoms with Crippen LogP contribution in [0.2, 0.25) is 0 Å². The zero-order valence-corrected chi connectivity index (χ0v) is 12.3. The van der Waals surface area contributed by atoms with Gasteiger partial charge in [-0.05, 0) is 31.6 Å². The Balaban J connectivity index is 1.68. The average Bonchev–Trinajstić information content (AvgIpc) is 3.28. The molecule has 5 heteroatoms. The van der Waals surface area contributed by atoms with Gasteiger partial charge in [0.25, 0.3) is 0 Å². The summed E-state index contributed by atoms with van der Waals surface area (Å²) in [6.07, 6.45) is 3.71. The van der Waals surface area contributed by atoms with Gasteiger partial charge in [-0.15, -0.1) is 0 Å². The molecule has 3 aliphatic rings. The van der Waals surface area contributed by atoms with E-state index in [9.17, 15) is 9.59 Å². The highest BCUT2D eigenvalue weighted by Gasteiger charge is 2.59. The highest BCUT2D eigenvalue weighted by atomic mass is 16.5. The second kappa shape index (κ2) is 5.35. The van der Waals surface area contributed by atoms with Gasteiger partial charge in [-0.2, -0.15) is 0 Å². The Morgan fingerprint density at radius 3 is 2.30 bits per heavy atom. The van der Waals surface area contributed by atoms with Crippen molar-refractivity contribution in [3.63, 3.8) is 0 Å². The van der Waals surface area contributed by atoms with Gasteiger partial charge in [0.15, 0.2) is 0 Å². The fraction of sp³-hybridized carbons (Fsp3) is 0.867. The summed E-state index contributed by atoms with van der Waals surface area (Å²) in [6, 6.07) is 0. The number of hydrogen-bond donors (Lipinski definition) is 0. The molecule has 3 fully saturated rings. The van der Waals surface area contributed by atoms with E-state index in [4.69, 9.17) is 4.74 Å². The van der Waals surface area contributed by atoms with Crippen molar-refractivity contribution in [2.45, 2.75) is 32.6 Å². The Bertz CT molecular complexity index is 400. The molecule has 112 valence electrons. The van der Waals surface area contributed by atoms with Crippen LogP contribution in [-0.4, -0.2) is 61.0 Å². The SMILES string of the molecule is CC1CCCN(C(=O)C2(C(=O)N3CCOCC3)CC2)C1. The molecule has 3 rings (SSSR count). The minimum absolute atomic E-state index is 0.0454. The second-order valence-electron chi connectivity index (χ2n) is 6.49. The van der Waals surface area contributed by atoms with Crippen LogP contribution < -0.4 is 0 Å². The van der Waals surface area contributed by atoms with E-state index in [1.165, 1.54) is 6.42 Å². The molecule has 1 atom stereocenters. The molecule has 0 radical (unpaired) electrons. The van der Waals surface area contributed by atoms with Crippen LogP contribution in [0.25, 0.3) is 0 Å². The molecule has 1 unspecified atom stereocenters. The van der Waals surface area contributed by atoms with E-state index >= 15 is 0 Å². The Morgan fingerprint density at radius 2 is 1.70 bits per heavy atom. The summed E-state index contributed by atoms with van der Waals surface area (Å²) >= 11 is 0. The number of rotatable bonds is 2. The zero-order chi connectivity index (χ0) is 14.2. The van der Waals surface area contributed by atoms with Crippen LogP contribution in [0.5, 0.6) is 0 Å². The van der Waals surface area contributed by atoms with Gasteiger partial charge >= 0.3 is 0 Å². The van der Waals surface area contributed by atoms with Gasteiger partial charge in [0, 0.05) is 26.2 Å². The van der Waals surface area contributed by atoms with E-state index < -0.39 is 5.41 Å². The van der Waals surface area contributed by atoms with Gasteiger partial charge in [-0.1, -0.05) is 6.92 Å². The summed E-state index contributed by atoms with van der Waals surface area (Å²) in [5, 5.41) is 0. The lowest BCUT2D eigenvalue weighted by Crippen LogP contribution is -2.51. The van der Waals surface area contributed by atoms with Crippen molar-refractivity contribution in [1.29, 1.82) is 0 Å². The van der Waals surface area contributed by atoms with Crippen LogP contribution in [-0.2, 0) is 14.3 Å². The Kier molecular flexibility index (Phi) is 3.71. The van der Waals surface area contributed by atoms with E-state index in [2.05, 4.69) is 6.92 Å². The molecule has 0 aromatic rings. The first-order valence-corrected chi connectivity index (χ1v) is 7.80. The van der Waals surface area contributed by atoms with Crippen molar-refractivity contribution in [2.75, 3.05) is 39.4 Å². The van der Waals surface area contributed by atoms with Gasteiger partial charge in [-0.3, -0.25) is 9.59 Å². The molecule has 2 amide bonds. The standard InChI is InChI=1S/C15H24N2O3/c1-12-3-2-6-17(11-12)14(19)15(4-5-15)13(18)16-7-9-20-10-8-16/h12H,2-11H2,1H3. The third-order valence-corrected chi connectivity index (χ3v) is 4.81. The number of likely N-dealkylation sites (tertiary alicyclic amines) is 1. The summed E-state index contributed by atoms with van der Waals surface area (Å²) in [5.41, 5.74) is -0.714. The first kappa shape index (κ1) is 13.9. The van der Waals surface area contributed by atoms with Gasteiger partial charge in [0.05, 0.1) is 13.2 Å². The van der Waals surface area contributed by atoms with Crippen molar-refractivity contribution < 1.29 is 14.3 Å². The van der Waals surface area contributed by atoms with E-state index in [1.807, 2.05) is 9.80 Å². The first-order chi connectivity index (χ1) is 9.63. The number of hydrogen-bond acceptors (Lipinski definition) is 3. The number of piperidine rings is 1. The van der Waals surface area contributed by atoms with Crippen LogP contribution in [0.15, 0.2) is 0 Å². The third-order valence-electron chi connectivity index (χ3n) is 4.81. The maximum atomic E-state index is 12.8. The maximum Gasteiger partial charge on any atom is 0.238 e. The summed E-state index contributed by atoms with van der Waals surface area (Å²) < 4.78 is 5.28. The summed E-state index contributed by atoms with van der Waals surface area (Å²) in [7, 11) is 0. The van der Waals surface area contributed by atoms with Crippen molar-refractivity contribution in [3.05, 3.63) is 0 Å². The molecule has 0 aromatic carbocycles. The summed E-state index contributed by atoms with van der Waals surface area (Å²) in [6.45, 7) is 6.27. The smallest absolute Gasteiger partial charge is 0.238 e. The Hall–Kier alpha value is -1.10. The highest BCUT2D eigenvalue weighted by Crippen LogP contribution is 2.49. The normalized spacial score (nSPS) is 29.1. The number of carbonyl (C=O) groups is 2. The predicted octanol–water partition coefficient (Wildman–Crippen LogP) is 0.884. The molecule has 2 saturated heterocycles. The molecular formula is C15H24N2O3. The lowest BCUT2D eigenvalue weighted by molar-refractivity contribution is -0.152. The van der Waals surface area contributed by atoms with Gasteiger partial charge < -0.3 is 14.5 Å². The van der Waals surface area contributed by atoms with E-state index in [0.29, 0.717) is 32.2 Å². The van der Waals surface area contributed by atoms with Crippen molar-refractivity contribution in [3.8, 4) is 0 Å². The van der Waals surface area contributed by atoms with E-state index in [1.54, 1.807) is 0 Å². The van der Waals surface area contributed by atoms with Crippen LogP contribution in [0.1, 0.15) is 32.6 Å². The quantitative estimate of drug-likeness (QED) is 0.706. The fourth-order valence-corrected chi connectivity index (χ4v) is 3.39. The average molecular weight is 280 g/mol. The van der Waals surface area contributed by atoms with Crippen molar-refractivity contribution >= 4 is 11.8 Å². The van der Waals surface area contributed by atoms with Crippen molar-refractivity contribution in [1.82, 2.24) is 9.80 Å². The minimum atomic E-state index is -0.714. The number of morpholine rings is 1. The molecule has 0 aromatic heterocycles. The largest absolute Gasteiger partial charge is 0.378 e. The van der Waals surface area contributed by atoms with Crippen LogP contribution in [0, 0.1) is 11.3 Å². The van der Waals surface area contributed by atoms with Crippen molar-refractivity contribution in [2.24, 2.45) is 11.3 Å². The molecule has 2 heterocycles. The molecule has 0 N–H and O–H groups in total. The van der Waals surface area contributed by atoms with Crippen LogP contribution in [0.3, 0.4) is 0 Å². The topological polar surface area (TPSA) is 49.9 Å². The number of amides is 2. The van der Waals surface area contributed by atoms with Gasteiger partial charge in [0.1, 0.15) is 5.41 Å². The predicted molar refractivity (Wildman–Crippen MR) is 74.0 cm³/mol. The summed E-state index contributed by atoms with van der Waals surface area (Å²) in [5.74, 6) is 0.687. The number of ether oxygens (including phenoxy) is 1. The van der Waals surface area contributed by atoms with Gasteiger partial charge in [-0.25, -0.2) is 0 Å².